The fourth-order valence-corrected chi connectivity index (χ4v) is 4.00. The zero-order valence-electron chi connectivity index (χ0n) is 10.4. The second-order valence-electron chi connectivity index (χ2n) is 4.27. The molecule has 21 heavy (non-hydrogen) atoms. The van der Waals surface area contributed by atoms with Crippen LogP contribution < -0.4 is 0 Å². The van der Waals surface area contributed by atoms with Gasteiger partial charge in [-0.3, -0.25) is 0 Å². The highest BCUT2D eigenvalue weighted by molar-refractivity contribution is 7.92. The Bertz CT molecular complexity index is 893. The lowest BCUT2D eigenvalue weighted by molar-refractivity contribution is 0.564. The van der Waals surface area contributed by atoms with Gasteiger partial charge in [-0.05, 0) is 24.3 Å². The van der Waals surface area contributed by atoms with Crippen molar-refractivity contribution in [1.29, 1.82) is 0 Å². The van der Waals surface area contributed by atoms with Gasteiger partial charge in [-0.25, -0.2) is 18.0 Å². The molecule has 1 aliphatic rings. The van der Waals surface area contributed by atoms with Crippen LogP contribution in [0.1, 0.15) is 0 Å². The number of hydrogen-bond acceptors (Lipinski definition) is 6. The molecule has 0 spiro atoms. The monoisotopic (exact) mass is 298 g/mol. The van der Waals surface area contributed by atoms with Crippen LogP contribution in [0, 0.1) is 0 Å². The summed E-state index contributed by atoms with van der Waals surface area (Å²) in [5.74, 6) is 0. The highest BCUT2D eigenvalue weighted by atomic mass is 32.2. The Labute approximate surface area is 119 Å². The first-order valence-electron chi connectivity index (χ1n) is 5.77. The van der Waals surface area contributed by atoms with Crippen LogP contribution in [-0.4, -0.2) is 20.6 Å². The van der Waals surface area contributed by atoms with Gasteiger partial charge in [-0.2, -0.15) is 9.98 Å². The number of sulfone groups is 1. The van der Waals surface area contributed by atoms with Crippen molar-refractivity contribution in [3.63, 3.8) is 0 Å². The molecular weight excluding hydrogens is 292 g/mol. The van der Waals surface area contributed by atoms with E-state index in [4.69, 9.17) is 0 Å². The predicted octanol–water partition coefficient (Wildman–Crippen LogP) is 2.43. The molecule has 6 nitrogen and oxygen atoms in total. The summed E-state index contributed by atoms with van der Waals surface area (Å²) in [7, 11) is -3.73. The van der Waals surface area contributed by atoms with E-state index in [1.807, 2.05) is 0 Å². The molecule has 3 rings (SSSR count). The summed E-state index contributed by atoms with van der Waals surface area (Å²) in [6.07, 6.45) is 2.74. The Morgan fingerprint density at radius 2 is 1.19 bits per heavy atom. The number of hydrogen-bond donors (Lipinski definition) is 0. The smallest absolute Gasteiger partial charge is 0.218 e. The van der Waals surface area contributed by atoms with Gasteiger partial charge >= 0.3 is 0 Å². The summed E-state index contributed by atoms with van der Waals surface area (Å²) in [4.78, 5) is 27.5. The fraction of sp³-hybridized carbons (Fsp3) is 0. The van der Waals surface area contributed by atoms with Crippen molar-refractivity contribution < 1.29 is 18.0 Å². The number of nitrogens with zero attached hydrogens (tertiary/aromatic N) is 2. The van der Waals surface area contributed by atoms with E-state index in [1.165, 1.54) is 36.4 Å². The van der Waals surface area contributed by atoms with Gasteiger partial charge in [0.25, 0.3) is 0 Å². The molecule has 102 valence electrons. The predicted molar refractivity (Wildman–Crippen MR) is 72.9 cm³/mol. The van der Waals surface area contributed by atoms with Gasteiger partial charge in [0.1, 0.15) is 0 Å². The van der Waals surface area contributed by atoms with Gasteiger partial charge in [0, 0.05) is 11.1 Å². The molecule has 0 unspecified atom stereocenters. The summed E-state index contributed by atoms with van der Waals surface area (Å²) in [5, 5.41) is 0. The number of isocyanates is 2. The van der Waals surface area contributed by atoms with Gasteiger partial charge < -0.3 is 0 Å². The third-order valence-corrected chi connectivity index (χ3v) is 4.98. The molecule has 1 heterocycles. The summed E-state index contributed by atoms with van der Waals surface area (Å²) >= 11 is 0. The highest BCUT2D eigenvalue weighted by Gasteiger charge is 2.33. The first-order valence-corrected chi connectivity index (χ1v) is 7.25. The molecule has 0 aliphatic carbocycles. The maximum atomic E-state index is 12.5. The van der Waals surface area contributed by atoms with Crippen molar-refractivity contribution in [3.05, 3.63) is 36.4 Å². The van der Waals surface area contributed by atoms with E-state index < -0.39 is 9.84 Å². The van der Waals surface area contributed by atoms with E-state index in [0.717, 1.165) is 0 Å². The average molecular weight is 298 g/mol. The molecule has 1 aliphatic heterocycles. The van der Waals surface area contributed by atoms with Crippen molar-refractivity contribution in [3.8, 4) is 11.1 Å². The number of benzene rings is 2. The van der Waals surface area contributed by atoms with Crippen LogP contribution in [0.2, 0.25) is 0 Å². The SMILES string of the molecule is O=C=Nc1ccc2c(c1)S(=O)(=O)c1cc(N=C=O)ccc1-2. The first-order chi connectivity index (χ1) is 10.1. The molecule has 7 heteroatoms. The standard InChI is InChI=1S/C14H6N2O4S/c17-7-15-9-1-3-11-12-4-2-10(16-8-18)6-14(12)21(19,20)13(11)5-9/h1-6H. The normalized spacial score (nSPS) is 13.5. The van der Waals surface area contributed by atoms with E-state index in [-0.39, 0.29) is 21.2 Å². The molecular formula is C14H6N2O4S. The number of fused-ring (bicyclic) bond motifs is 3. The molecule has 0 saturated carbocycles. The van der Waals surface area contributed by atoms with Gasteiger partial charge in [-0.15, -0.1) is 0 Å². The van der Waals surface area contributed by atoms with Gasteiger partial charge in [0.2, 0.25) is 22.0 Å². The molecule has 0 bridgehead atoms. The Hall–Kier alpha value is -2.85. The van der Waals surface area contributed by atoms with Crippen molar-refractivity contribution in [2.45, 2.75) is 9.79 Å². The summed E-state index contributed by atoms with van der Waals surface area (Å²) in [5.41, 5.74) is 1.48. The molecule has 0 amide bonds. The minimum Gasteiger partial charge on any atom is -0.218 e. The molecule has 0 fully saturated rings. The lowest BCUT2D eigenvalue weighted by atomic mass is 10.1. The van der Waals surface area contributed by atoms with Crippen LogP contribution in [0.3, 0.4) is 0 Å². The third-order valence-electron chi connectivity index (χ3n) is 3.15. The van der Waals surface area contributed by atoms with E-state index in [2.05, 4.69) is 9.98 Å². The zero-order valence-corrected chi connectivity index (χ0v) is 11.2. The molecule has 0 saturated heterocycles. The van der Waals surface area contributed by atoms with E-state index in [1.54, 1.807) is 12.1 Å². The molecule has 0 aromatic heterocycles. The van der Waals surface area contributed by atoms with Gasteiger partial charge in [-0.1, -0.05) is 12.1 Å². The number of aliphatic imine (C=N–C) groups is 2. The van der Waals surface area contributed by atoms with Crippen LogP contribution in [0.25, 0.3) is 11.1 Å². The van der Waals surface area contributed by atoms with Crippen LogP contribution in [0.4, 0.5) is 11.4 Å². The van der Waals surface area contributed by atoms with Crippen molar-refractivity contribution in [2.24, 2.45) is 9.98 Å². The lowest BCUT2D eigenvalue weighted by Crippen LogP contribution is -1.96. The second kappa shape index (κ2) is 4.61. The summed E-state index contributed by atoms with van der Waals surface area (Å²) < 4.78 is 25.0. The Kier molecular flexibility index (Phi) is 2.89. The lowest BCUT2D eigenvalue weighted by Gasteiger charge is -1.99. The molecule has 0 N–H and O–H groups in total. The highest BCUT2D eigenvalue weighted by Crippen LogP contribution is 2.45. The van der Waals surface area contributed by atoms with Gasteiger partial charge in [0.05, 0.1) is 21.2 Å². The first kappa shape index (κ1) is 13.1. The van der Waals surface area contributed by atoms with E-state index in [0.29, 0.717) is 11.1 Å². The van der Waals surface area contributed by atoms with E-state index in [9.17, 15) is 18.0 Å². The summed E-state index contributed by atoms with van der Waals surface area (Å²) in [6, 6.07) is 8.86. The Balaban J connectivity index is 2.31. The molecule has 2 aromatic rings. The third kappa shape index (κ3) is 1.93. The van der Waals surface area contributed by atoms with Crippen LogP contribution >= 0.6 is 0 Å². The van der Waals surface area contributed by atoms with Crippen LogP contribution in [0.5, 0.6) is 0 Å². The minimum atomic E-state index is -3.73. The number of rotatable bonds is 2. The largest absolute Gasteiger partial charge is 0.240 e. The van der Waals surface area contributed by atoms with E-state index >= 15 is 0 Å². The zero-order chi connectivity index (χ0) is 15.0. The molecule has 0 atom stereocenters. The van der Waals surface area contributed by atoms with Crippen LogP contribution in [-0.2, 0) is 19.4 Å². The topological polar surface area (TPSA) is 93.0 Å². The van der Waals surface area contributed by atoms with Crippen molar-refractivity contribution in [2.75, 3.05) is 0 Å². The van der Waals surface area contributed by atoms with Crippen LogP contribution in [0.15, 0.2) is 56.2 Å². The average Bonchev–Trinajstić information content (AvgIpc) is 2.68. The Morgan fingerprint density at radius 3 is 1.57 bits per heavy atom. The second-order valence-corrected chi connectivity index (χ2v) is 6.16. The molecule has 2 aromatic carbocycles. The van der Waals surface area contributed by atoms with Gasteiger partial charge in [0.15, 0.2) is 0 Å². The Morgan fingerprint density at radius 1 is 0.762 bits per heavy atom. The maximum absolute atomic E-state index is 12.5. The maximum Gasteiger partial charge on any atom is 0.240 e. The van der Waals surface area contributed by atoms with Crippen molar-refractivity contribution >= 4 is 33.4 Å². The quantitative estimate of drug-likeness (QED) is 0.536. The fourth-order valence-electron chi connectivity index (χ4n) is 2.27. The molecule has 0 radical (unpaired) electrons. The number of carbonyl (C=O) groups excluding carboxylic acids is 2. The summed E-state index contributed by atoms with van der Waals surface area (Å²) in [6.45, 7) is 0. The van der Waals surface area contributed by atoms with Crippen molar-refractivity contribution in [1.82, 2.24) is 0 Å². The minimum absolute atomic E-state index is 0.0706.